The molecule has 4 aromatic rings. The minimum absolute atomic E-state index is 0.0434. The van der Waals surface area contributed by atoms with Gasteiger partial charge in [0.25, 0.3) is 11.8 Å². The van der Waals surface area contributed by atoms with Gasteiger partial charge in [0.2, 0.25) is 0 Å². The molecular formula is C22H18ClN3O3S. The Morgan fingerprint density at radius 1 is 1.03 bits per heavy atom. The Morgan fingerprint density at radius 3 is 2.47 bits per heavy atom. The highest BCUT2D eigenvalue weighted by Crippen LogP contribution is 2.36. The number of carbonyl (C=O) groups is 2. The molecule has 0 saturated carbocycles. The van der Waals surface area contributed by atoms with E-state index in [-0.39, 0.29) is 11.8 Å². The van der Waals surface area contributed by atoms with Crippen LogP contribution >= 0.6 is 22.9 Å². The van der Waals surface area contributed by atoms with Crippen molar-refractivity contribution in [3.63, 3.8) is 0 Å². The molecule has 1 aromatic carbocycles. The first-order chi connectivity index (χ1) is 14.5. The third kappa shape index (κ3) is 3.24. The van der Waals surface area contributed by atoms with Gasteiger partial charge in [-0.2, -0.15) is 0 Å². The number of piperazine rings is 1. The fourth-order valence-electron chi connectivity index (χ4n) is 3.77. The Kier molecular flexibility index (Phi) is 4.72. The number of benzene rings is 1. The van der Waals surface area contributed by atoms with Gasteiger partial charge in [-0.15, -0.1) is 11.3 Å². The molecule has 3 aromatic heterocycles. The van der Waals surface area contributed by atoms with Crippen molar-refractivity contribution in [2.24, 2.45) is 0 Å². The number of aryl methyl sites for hydroxylation is 1. The van der Waals surface area contributed by atoms with Crippen LogP contribution in [0.4, 0.5) is 0 Å². The normalized spacial score (nSPS) is 14.6. The van der Waals surface area contributed by atoms with Crippen molar-refractivity contribution in [1.82, 2.24) is 14.8 Å². The highest BCUT2D eigenvalue weighted by molar-refractivity contribution is 7.21. The second kappa shape index (κ2) is 7.41. The Labute approximate surface area is 181 Å². The van der Waals surface area contributed by atoms with E-state index in [1.807, 2.05) is 25.1 Å². The lowest BCUT2D eigenvalue weighted by Gasteiger charge is -2.34. The highest BCUT2D eigenvalue weighted by Gasteiger charge is 2.27. The number of rotatable bonds is 2. The quantitative estimate of drug-likeness (QED) is 0.428. The average Bonchev–Trinajstić information content (AvgIpc) is 3.44. The molecule has 1 saturated heterocycles. The SMILES string of the molecule is Cc1ccc2nc(Cl)c3cc(C(=O)N4CCN(C(=O)c5ccco5)CC4)sc3c2c1. The number of nitrogens with zero attached hydrogens (tertiary/aromatic N) is 3. The molecule has 6 nitrogen and oxygen atoms in total. The number of fused-ring (bicyclic) bond motifs is 3. The lowest BCUT2D eigenvalue weighted by Crippen LogP contribution is -2.50. The zero-order valence-electron chi connectivity index (χ0n) is 16.2. The second-order valence-corrected chi connectivity index (χ2v) is 8.75. The highest BCUT2D eigenvalue weighted by atomic mass is 35.5. The van der Waals surface area contributed by atoms with Crippen LogP contribution in [0.25, 0.3) is 21.0 Å². The molecule has 0 N–H and O–H groups in total. The topological polar surface area (TPSA) is 66.7 Å². The van der Waals surface area contributed by atoms with Crippen molar-refractivity contribution in [2.45, 2.75) is 6.92 Å². The van der Waals surface area contributed by atoms with Crippen molar-refractivity contribution in [1.29, 1.82) is 0 Å². The first-order valence-corrected chi connectivity index (χ1v) is 10.8. The Morgan fingerprint density at radius 2 is 1.77 bits per heavy atom. The molecular weight excluding hydrogens is 422 g/mol. The second-order valence-electron chi connectivity index (χ2n) is 7.34. The van der Waals surface area contributed by atoms with Crippen LogP contribution in [-0.2, 0) is 0 Å². The molecule has 0 radical (unpaired) electrons. The van der Waals surface area contributed by atoms with E-state index >= 15 is 0 Å². The number of thiophene rings is 1. The minimum atomic E-state index is -0.145. The summed E-state index contributed by atoms with van der Waals surface area (Å²) in [6.07, 6.45) is 1.49. The van der Waals surface area contributed by atoms with Crippen LogP contribution in [0, 0.1) is 6.92 Å². The summed E-state index contributed by atoms with van der Waals surface area (Å²) < 4.78 is 6.17. The molecule has 0 aliphatic carbocycles. The summed E-state index contributed by atoms with van der Waals surface area (Å²) in [5.74, 6) is 0.135. The maximum atomic E-state index is 13.1. The number of carbonyl (C=O) groups excluding carboxylic acids is 2. The Balaban J connectivity index is 1.39. The van der Waals surface area contributed by atoms with Crippen molar-refractivity contribution >= 4 is 55.7 Å². The maximum Gasteiger partial charge on any atom is 0.289 e. The van der Waals surface area contributed by atoms with E-state index < -0.39 is 0 Å². The summed E-state index contributed by atoms with van der Waals surface area (Å²) in [5, 5.41) is 2.22. The van der Waals surface area contributed by atoms with Gasteiger partial charge in [0.05, 0.1) is 16.7 Å². The molecule has 0 spiro atoms. The van der Waals surface area contributed by atoms with Crippen LogP contribution in [0.5, 0.6) is 0 Å². The molecule has 0 bridgehead atoms. The van der Waals surface area contributed by atoms with Crippen molar-refractivity contribution in [3.8, 4) is 0 Å². The number of hydrogen-bond donors (Lipinski definition) is 0. The molecule has 1 aliphatic rings. The fraction of sp³-hybridized carbons (Fsp3) is 0.227. The van der Waals surface area contributed by atoms with Crippen molar-refractivity contribution in [3.05, 3.63) is 64.0 Å². The first-order valence-electron chi connectivity index (χ1n) is 9.63. The number of pyridine rings is 1. The Hall–Kier alpha value is -2.90. The lowest BCUT2D eigenvalue weighted by molar-refractivity contribution is 0.0520. The van der Waals surface area contributed by atoms with Crippen molar-refractivity contribution < 1.29 is 14.0 Å². The molecule has 0 atom stereocenters. The summed E-state index contributed by atoms with van der Waals surface area (Å²) >= 11 is 7.85. The average molecular weight is 440 g/mol. The van der Waals surface area contributed by atoms with Gasteiger partial charge in [-0.05, 0) is 37.3 Å². The molecule has 152 valence electrons. The van der Waals surface area contributed by atoms with Gasteiger partial charge >= 0.3 is 0 Å². The predicted octanol–water partition coefficient (Wildman–Crippen LogP) is 4.60. The van der Waals surface area contributed by atoms with Crippen LogP contribution in [-0.4, -0.2) is 52.8 Å². The summed E-state index contributed by atoms with van der Waals surface area (Å²) in [5.41, 5.74) is 1.95. The minimum Gasteiger partial charge on any atom is -0.459 e. The van der Waals surface area contributed by atoms with Crippen LogP contribution in [0.3, 0.4) is 0 Å². The lowest BCUT2D eigenvalue weighted by atomic mass is 10.1. The smallest absolute Gasteiger partial charge is 0.289 e. The third-order valence-corrected chi connectivity index (χ3v) is 6.81. The van der Waals surface area contributed by atoms with Gasteiger partial charge in [-0.25, -0.2) is 4.98 Å². The van der Waals surface area contributed by atoms with Crippen molar-refractivity contribution in [2.75, 3.05) is 26.2 Å². The number of halogens is 1. The van der Waals surface area contributed by atoms with Gasteiger partial charge in [0.1, 0.15) is 5.15 Å². The summed E-state index contributed by atoms with van der Waals surface area (Å²) in [7, 11) is 0. The van der Waals surface area contributed by atoms with E-state index in [0.29, 0.717) is 42.0 Å². The van der Waals surface area contributed by atoms with Crippen LogP contribution < -0.4 is 0 Å². The summed E-state index contributed by atoms with van der Waals surface area (Å²) in [4.78, 5) is 34.2. The predicted molar refractivity (Wildman–Crippen MR) is 117 cm³/mol. The number of aromatic nitrogens is 1. The van der Waals surface area contributed by atoms with E-state index in [9.17, 15) is 9.59 Å². The molecule has 5 rings (SSSR count). The van der Waals surface area contributed by atoms with E-state index in [4.69, 9.17) is 16.0 Å². The first kappa shape index (κ1) is 19.1. The zero-order valence-corrected chi connectivity index (χ0v) is 17.8. The van der Waals surface area contributed by atoms with Gasteiger partial charge in [0.15, 0.2) is 5.76 Å². The number of amides is 2. The van der Waals surface area contributed by atoms with E-state index in [1.165, 1.54) is 17.6 Å². The van der Waals surface area contributed by atoms with Gasteiger partial charge < -0.3 is 14.2 Å². The Bertz CT molecular complexity index is 1270. The maximum absolute atomic E-state index is 13.1. The fourth-order valence-corrected chi connectivity index (χ4v) is 5.22. The van der Waals surface area contributed by atoms with Crippen LogP contribution in [0.15, 0.2) is 47.1 Å². The molecule has 8 heteroatoms. The van der Waals surface area contributed by atoms with Gasteiger partial charge in [-0.3, -0.25) is 9.59 Å². The molecule has 4 heterocycles. The summed E-state index contributed by atoms with van der Waals surface area (Å²) in [6.45, 7) is 3.93. The van der Waals surface area contributed by atoms with Gasteiger partial charge in [0, 0.05) is 41.7 Å². The van der Waals surface area contributed by atoms with E-state index in [2.05, 4.69) is 11.1 Å². The zero-order chi connectivity index (χ0) is 20.8. The largest absolute Gasteiger partial charge is 0.459 e. The van der Waals surface area contributed by atoms with Crippen LogP contribution in [0.1, 0.15) is 25.8 Å². The van der Waals surface area contributed by atoms with E-state index in [0.717, 1.165) is 26.6 Å². The molecule has 1 aliphatic heterocycles. The number of hydrogen-bond acceptors (Lipinski definition) is 5. The molecule has 1 fully saturated rings. The standard InChI is InChI=1S/C22H18ClN3O3S/c1-13-4-5-16-14(11-13)19-15(20(23)24-16)12-18(30-19)22(28)26-8-6-25(7-9-26)21(27)17-3-2-10-29-17/h2-5,10-12H,6-9H2,1H3. The third-order valence-electron chi connectivity index (χ3n) is 5.37. The van der Waals surface area contributed by atoms with E-state index in [1.54, 1.807) is 21.9 Å². The molecule has 2 amide bonds. The number of furan rings is 1. The van der Waals surface area contributed by atoms with Gasteiger partial charge in [-0.1, -0.05) is 23.2 Å². The molecule has 30 heavy (non-hydrogen) atoms. The summed E-state index contributed by atoms with van der Waals surface area (Å²) in [6, 6.07) is 11.2. The molecule has 0 unspecified atom stereocenters. The van der Waals surface area contributed by atoms with Crippen LogP contribution in [0.2, 0.25) is 5.15 Å². The monoisotopic (exact) mass is 439 g/mol.